The molecule has 0 fully saturated rings. The molecule has 4 heteroatoms. The summed E-state index contributed by atoms with van der Waals surface area (Å²) in [5.74, 6) is 0. The van der Waals surface area contributed by atoms with Crippen LogP contribution in [-0.2, 0) is 0 Å². The molecule has 40 heavy (non-hydrogen) atoms. The van der Waals surface area contributed by atoms with Crippen LogP contribution in [0, 0.1) is 13.8 Å². The van der Waals surface area contributed by atoms with Gasteiger partial charge in [0.25, 0.3) is 0 Å². The lowest BCUT2D eigenvalue weighted by Gasteiger charge is -2.20. The third-order valence-corrected chi connectivity index (χ3v) is 7.63. The Balaban J connectivity index is 1.56. The molecule has 0 N–H and O–H groups in total. The Morgan fingerprint density at radius 2 is 0.825 bits per heavy atom. The van der Waals surface area contributed by atoms with Crippen LogP contribution in [-0.4, -0.2) is 19.9 Å². The first-order valence-corrected chi connectivity index (χ1v) is 13.4. The maximum absolute atomic E-state index is 4.84. The van der Waals surface area contributed by atoms with Crippen molar-refractivity contribution in [1.29, 1.82) is 0 Å². The Morgan fingerprint density at radius 3 is 1.18 bits per heavy atom. The topological polar surface area (TPSA) is 51.6 Å². The molecule has 0 aliphatic carbocycles. The molecule has 4 heterocycles. The van der Waals surface area contributed by atoms with Gasteiger partial charge in [0.1, 0.15) is 0 Å². The number of aryl methyl sites for hydroxylation is 2. The molecule has 4 aromatic heterocycles. The summed E-state index contributed by atoms with van der Waals surface area (Å²) < 4.78 is 0. The van der Waals surface area contributed by atoms with E-state index in [0.29, 0.717) is 0 Å². The largest absolute Gasteiger partial charge is 0.264 e. The van der Waals surface area contributed by atoms with E-state index >= 15 is 0 Å². The fourth-order valence-corrected chi connectivity index (χ4v) is 5.66. The minimum atomic E-state index is 0.993. The van der Waals surface area contributed by atoms with E-state index in [2.05, 4.69) is 96.6 Å². The average molecular weight is 515 g/mol. The van der Waals surface area contributed by atoms with Gasteiger partial charge in [0.05, 0.1) is 0 Å². The summed E-state index contributed by atoms with van der Waals surface area (Å²) in [4.78, 5) is 18.3. The minimum absolute atomic E-state index is 0.993. The molecule has 0 unspecified atom stereocenters. The third-order valence-electron chi connectivity index (χ3n) is 7.63. The number of hydrogen-bond donors (Lipinski definition) is 0. The first-order valence-electron chi connectivity index (χ1n) is 13.4. The predicted octanol–water partition coefficient (Wildman–Crippen LogP) is 8.86. The van der Waals surface area contributed by atoms with Crippen LogP contribution in [0.3, 0.4) is 0 Å². The average Bonchev–Trinajstić information content (AvgIpc) is 3.02. The standard InChI is InChI=1S/C36H26N4/c1-23-33(17-27(21-39-23)25-9-7-15-37-19-25)35-29-11-3-5-13-31(29)36(32-14-6-4-12-30(32)35)34-18-28(22-40-24(34)2)26-10-8-16-38-20-26/h3-22H,1-2H3. The maximum atomic E-state index is 4.84. The molecule has 4 nitrogen and oxygen atoms in total. The van der Waals surface area contributed by atoms with Gasteiger partial charge in [-0.1, -0.05) is 60.7 Å². The molecule has 0 aliphatic rings. The normalized spacial score (nSPS) is 11.2. The summed E-state index contributed by atoms with van der Waals surface area (Å²) in [5.41, 5.74) is 10.8. The van der Waals surface area contributed by atoms with Gasteiger partial charge in [-0.2, -0.15) is 0 Å². The highest BCUT2D eigenvalue weighted by Crippen LogP contribution is 2.45. The van der Waals surface area contributed by atoms with Gasteiger partial charge in [0.2, 0.25) is 0 Å². The lowest BCUT2D eigenvalue weighted by molar-refractivity contribution is 1.20. The van der Waals surface area contributed by atoms with Crippen molar-refractivity contribution in [2.24, 2.45) is 0 Å². The van der Waals surface area contributed by atoms with Crippen LogP contribution in [0.5, 0.6) is 0 Å². The van der Waals surface area contributed by atoms with Crippen molar-refractivity contribution in [3.63, 3.8) is 0 Å². The highest BCUT2D eigenvalue weighted by atomic mass is 14.7. The second-order valence-corrected chi connectivity index (χ2v) is 10.0. The van der Waals surface area contributed by atoms with Gasteiger partial charge in [-0.15, -0.1) is 0 Å². The number of benzene rings is 3. The van der Waals surface area contributed by atoms with Crippen LogP contribution < -0.4 is 0 Å². The smallest absolute Gasteiger partial charge is 0.0451 e. The maximum Gasteiger partial charge on any atom is 0.0451 e. The van der Waals surface area contributed by atoms with Crippen molar-refractivity contribution in [2.75, 3.05) is 0 Å². The van der Waals surface area contributed by atoms with Crippen LogP contribution in [0.15, 0.2) is 122 Å². The Bertz CT molecular complexity index is 1810. The molecule has 0 spiro atoms. The zero-order chi connectivity index (χ0) is 27.1. The Labute approximate surface area is 233 Å². The minimum Gasteiger partial charge on any atom is -0.264 e. The van der Waals surface area contributed by atoms with Crippen LogP contribution in [0.1, 0.15) is 11.4 Å². The zero-order valence-electron chi connectivity index (χ0n) is 22.3. The van der Waals surface area contributed by atoms with Gasteiger partial charge in [-0.05, 0) is 70.8 Å². The zero-order valence-corrected chi connectivity index (χ0v) is 22.3. The Kier molecular flexibility index (Phi) is 5.86. The van der Waals surface area contributed by atoms with Crippen molar-refractivity contribution in [1.82, 2.24) is 19.9 Å². The summed E-state index contributed by atoms with van der Waals surface area (Å²) in [5, 5.41) is 4.76. The summed E-state index contributed by atoms with van der Waals surface area (Å²) >= 11 is 0. The summed E-state index contributed by atoms with van der Waals surface area (Å²) in [7, 11) is 0. The van der Waals surface area contributed by atoms with Gasteiger partial charge in [0.15, 0.2) is 0 Å². The molecular weight excluding hydrogens is 488 g/mol. The van der Waals surface area contributed by atoms with Gasteiger partial charge in [-0.25, -0.2) is 0 Å². The van der Waals surface area contributed by atoms with E-state index in [0.717, 1.165) is 44.8 Å². The van der Waals surface area contributed by atoms with Crippen LogP contribution in [0.2, 0.25) is 0 Å². The highest BCUT2D eigenvalue weighted by molar-refractivity contribution is 6.21. The van der Waals surface area contributed by atoms with E-state index in [1.165, 1.54) is 32.7 Å². The number of nitrogens with zero attached hydrogens (tertiary/aromatic N) is 4. The van der Waals surface area contributed by atoms with Gasteiger partial charge in [-0.3, -0.25) is 19.9 Å². The summed E-state index contributed by atoms with van der Waals surface area (Å²) in [6.07, 6.45) is 11.2. The van der Waals surface area contributed by atoms with Crippen LogP contribution in [0.25, 0.3) is 66.1 Å². The molecule has 0 amide bonds. The first kappa shape index (κ1) is 23.9. The first-order chi connectivity index (χ1) is 19.7. The molecule has 7 aromatic rings. The van der Waals surface area contributed by atoms with E-state index < -0.39 is 0 Å². The fraction of sp³-hybridized carbons (Fsp3) is 0.0556. The molecule has 0 saturated heterocycles. The number of aromatic nitrogens is 4. The van der Waals surface area contributed by atoms with Crippen molar-refractivity contribution >= 4 is 21.5 Å². The molecule has 0 saturated carbocycles. The predicted molar refractivity (Wildman–Crippen MR) is 164 cm³/mol. The van der Waals surface area contributed by atoms with Crippen molar-refractivity contribution in [3.05, 3.63) is 133 Å². The summed E-state index contributed by atoms with van der Waals surface area (Å²) in [6.45, 7) is 4.18. The second kappa shape index (κ2) is 9.83. The monoisotopic (exact) mass is 514 g/mol. The SMILES string of the molecule is Cc1ncc(-c2cccnc2)cc1-c1c2ccccc2c(-c2cc(-c3cccnc3)cnc2C)c2ccccc12. The van der Waals surface area contributed by atoms with Crippen molar-refractivity contribution < 1.29 is 0 Å². The molecule has 0 aliphatic heterocycles. The van der Waals surface area contributed by atoms with Crippen molar-refractivity contribution in [3.8, 4) is 44.5 Å². The number of fused-ring (bicyclic) bond motifs is 2. The number of rotatable bonds is 4. The molecule has 0 atom stereocenters. The van der Waals surface area contributed by atoms with Crippen LogP contribution >= 0.6 is 0 Å². The van der Waals surface area contributed by atoms with E-state index in [9.17, 15) is 0 Å². The molecule has 0 radical (unpaired) electrons. The lowest BCUT2D eigenvalue weighted by Crippen LogP contribution is -1.96. The Hall–Kier alpha value is -5.22. The second-order valence-electron chi connectivity index (χ2n) is 10.0. The Morgan fingerprint density at radius 1 is 0.425 bits per heavy atom. The number of hydrogen-bond acceptors (Lipinski definition) is 4. The van der Waals surface area contributed by atoms with E-state index in [4.69, 9.17) is 9.97 Å². The molecule has 3 aromatic carbocycles. The van der Waals surface area contributed by atoms with E-state index in [-0.39, 0.29) is 0 Å². The van der Waals surface area contributed by atoms with E-state index in [1.54, 1.807) is 12.4 Å². The fourth-order valence-electron chi connectivity index (χ4n) is 5.66. The van der Waals surface area contributed by atoms with Gasteiger partial charge >= 0.3 is 0 Å². The van der Waals surface area contributed by atoms with Crippen LogP contribution in [0.4, 0.5) is 0 Å². The quantitative estimate of drug-likeness (QED) is 0.220. The lowest BCUT2D eigenvalue weighted by atomic mass is 9.84. The molecular formula is C36H26N4. The molecule has 7 rings (SSSR count). The van der Waals surface area contributed by atoms with Crippen molar-refractivity contribution in [2.45, 2.75) is 13.8 Å². The molecule has 190 valence electrons. The van der Waals surface area contributed by atoms with Gasteiger partial charge < -0.3 is 0 Å². The third kappa shape index (κ3) is 4.02. The highest BCUT2D eigenvalue weighted by Gasteiger charge is 2.20. The number of pyridine rings is 4. The molecule has 0 bridgehead atoms. The summed E-state index contributed by atoms with van der Waals surface area (Å²) in [6, 6.07) is 30.0. The van der Waals surface area contributed by atoms with Gasteiger partial charge in [0, 0.05) is 81.9 Å². The van der Waals surface area contributed by atoms with E-state index in [1.807, 2.05) is 36.9 Å².